The molecule has 0 unspecified atom stereocenters. The Hall–Kier alpha value is -1.91. The summed E-state index contributed by atoms with van der Waals surface area (Å²) in [5.74, 6) is 0.115. The summed E-state index contributed by atoms with van der Waals surface area (Å²) in [7, 11) is 0. The van der Waals surface area contributed by atoms with Crippen molar-refractivity contribution in [1.29, 1.82) is 0 Å². The zero-order valence-corrected chi connectivity index (χ0v) is 10.1. The summed E-state index contributed by atoms with van der Waals surface area (Å²) in [6, 6.07) is 8.86. The lowest BCUT2D eigenvalue weighted by Gasteiger charge is -2.17. The van der Waals surface area contributed by atoms with Crippen LogP contribution in [-0.2, 0) is 0 Å². The van der Waals surface area contributed by atoms with E-state index in [9.17, 15) is 9.70 Å². The zero-order valence-electron chi connectivity index (χ0n) is 10.1. The van der Waals surface area contributed by atoms with E-state index >= 15 is 0 Å². The Morgan fingerprint density at radius 2 is 2.00 bits per heavy atom. The van der Waals surface area contributed by atoms with Crippen LogP contribution in [0.3, 0.4) is 0 Å². The number of carbonyl (C=O) groups excluding carboxylic acids is 1. The minimum Gasteiger partial charge on any atom is -0.333 e. The quantitative estimate of drug-likeness (QED) is 0.466. The van der Waals surface area contributed by atoms with Crippen LogP contribution in [0.5, 0.6) is 0 Å². The third kappa shape index (κ3) is 4.63. The molecule has 1 aromatic rings. The van der Waals surface area contributed by atoms with Crippen molar-refractivity contribution in [2.75, 3.05) is 13.2 Å². The van der Waals surface area contributed by atoms with Crippen LogP contribution >= 0.6 is 0 Å². The lowest BCUT2D eigenvalue weighted by molar-refractivity contribution is 0.0918. The molecule has 17 heavy (non-hydrogen) atoms. The van der Waals surface area contributed by atoms with Crippen molar-refractivity contribution < 1.29 is 4.79 Å². The number of nitrogens with one attached hydrogen (secondary N) is 1. The van der Waals surface area contributed by atoms with Crippen molar-refractivity contribution in [1.82, 2.24) is 10.3 Å². The van der Waals surface area contributed by atoms with Crippen LogP contribution in [0.25, 0.3) is 0 Å². The first kappa shape index (κ1) is 13.2. The van der Waals surface area contributed by atoms with Gasteiger partial charge in [0, 0.05) is 12.1 Å². The Balaban J connectivity index is 2.44. The molecule has 92 valence electrons. The normalized spacial score (nSPS) is 10.1. The molecule has 0 heterocycles. The molecule has 0 aromatic heterocycles. The third-order valence-electron chi connectivity index (χ3n) is 2.15. The van der Waals surface area contributed by atoms with Crippen LogP contribution in [0, 0.1) is 10.8 Å². The number of benzene rings is 1. The molecule has 1 N–H and O–H groups in total. The van der Waals surface area contributed by atoms with E-state index in [1.165, 1.54) is 5.01 Å². The molecule has 5 nitrogen and oxygen atoms in total. The Kier molecular flexibility index (Phi) is 5.13. The van der Waals surface area contributed by atoms with Gasteiger partial charge in [-0.2, -0.15) is 0 Å². The van der Waals surface area contributed by atoms with Gasteiger partial charge in [0.1, 0.15) is 6.67 Å². The van der Waals surface area contributed by atoms with Gasteiger partial charge in [-0.25, -0.2) is 5.01 Å². The van der Waals surface area contributed by atoms with Crippen LogP contribution < -0.4 is 5.32 Å². The second-order valence-corrected chi connectivity index (χ2v) is 4.19. The highest BCUT2D eigenvalue weighted by Gasteiger charge is 2.08. The standard InChI is InChI=1S/C12H17N3O2/c1-10(2)8-15(14-17)9-13-12(16)11-6-4-3-5-7-11/h3-7,10H,8-9H2,1-2H3,(H,13,16). The summed E-state index contributed by atoms with van der Waals surface area (Å²) in [5, 5.41) is 6.81. The number of carbonyl (C=O) groups is 1. The van der Waals surface area contributed by atoms with Crippen molar-refractivity contribution in [2.45, 2.75) is 13.8 Å². The van der Waals surface area contributed by atoms with Crippen molar-refractivity contribution in [3.8, 4) is 0 Å². The van der Waals surface area contributed by atoms with Gasteiger partial charge >= 0.3 is 0 Å². The smallest absolute Gasteiger partial charge is 0.252 e. The monoisotopic (exact) mass is 235 g/mol. The number of amides is 1. The van der Waals surface area contributed by atoms with E-state index in [0.29, 0.717) is 18.0 Å². The van der Waals surface area contributed by atoms with Crippen molar-refractivity contribution in [2.24, 2.45) is 11.2 Å². The van der Waals surface area contributed by atoms with Gasteiger partial charge in [-0.1, -0.05) is 32.0 Å². The highest BCUT2D eigenvalue weighted by atomic mass is 16.3. The van der Waals surface area contributed by atoms with E-state index in [-0.39, 0.29) is 12.6 Å². The van der Waals surface area contributed by atoms with Crippen molar-refractivity contribution in [3.05, 3.63) is 40.8 Å². The van der Waals surface area contributed by atoms with Crippen LogP contribution in [0.15, 0.2) is 35.6 Å². The molecule has 0 aliphatic rings. The summed E-state index contributed by atoms with van der Waals surface area (Å²) in [4.78, 5) is 22.2. The SMILES string of the molecule is CC(C)CN(CNC(=O)c1ccccc1)N=O. The Morgan fingerprint density at radius 1 is 1.35 bits per heavy atom. The van der Waals surface area contributed by atoms with Gasteiger partial charge in [0.2, 0.25) is 0 Å². The number of nitroso groups, excluding NO2 is 1. The minimum absolute atomic E-state index is 0.134. The molecule has 0 aliphatic heterocycles. The molecule has 1 rings (SSSR count). The summed E-state index contributed by atoms with van der Waals surface area (Å²) in [6.07, 6.45) is 0. The topological polar surface area (TPSA) is 61.8 Å². The van der Waals surface area contributed by atoms with E-state index in [1.807, 2.05) is 19.9 Å². The number of hydrogen-bond donors (Lipinski definition) is 1. The van der Waals surface area contributed by atoms with Crippen molar-refractivity contribution in [3.63, 3.8) is 0 Å². The molecule has 0 saturated carbocycles. The maximum atomic E-state index is 11.7. The van der Waals surface area contributed by atoms with E-state index in [4.69, 9.17) is 0 Å². The highest BCUT2D eigenvalue weighted by molar-refractivity contribution is 5.94. The number of rotatable bonds is 6. The van der Waals surface area contributed by atoms with Crippen LogP contribution in [0.4, 0.5) is 0 Å². The first-order chi connectivity index (χ1) is 8.13. The Morgan fingerprint density at radius 3 is 2.53 bits per heavy atom. The molecule has 0 bridgehead atoms. The minimum atomic E-state index is -0.206. The van der Waals surface area contributed by atoms with Gasteiger partial charge in [0.05, 0.1) is 5.29 Å². The number of nitrogens with zero attached hydrogens (tertiary/aromatic N) is 2. The first-order valence-corrected chi connectivity index (χ1v) is 5.55. The molecular weight excluding hydrogens is 218 g/mol. The highest BCUT2D eigenvalue weighted by Crippen LogP contribution is 2.00. The second-order valence-electron chi connectivity index (χ2n) is 4.19. The Labute approximate surface area is 101 Å². The van der Waals surface area contributed by atoms with Crippen molar-refractivity contribution >= 4 is 5.91 Å². The third-order valence-corrected chi connectivity index (χ3v) is 2.15. The van der Waals surface area contributed by atoms with E-state index in [1.54, 1.807) is 24.3 Å². The van der Waals surface area contributed by atoms with Gasteiger partial charge in [-0.05, 0) is 18.1 Å². The summed E-state index contributed by atoms with van der Waals surface area (Å²) < 4.78 is 0. The largest absolute Gasteiger partial charge is 0.333 e. The molecule has 1 amide bonds. The second kappa shape index (κ2) is 6.62. The first-order valence-electron chi connectivity index (χ1n) is 5.55. The molecule has 0 saturated heterocycles. The summed E-state index contributed by atoms with van der Waals surface area (Å²) in [6.45, 7) is 4.63. The molecule has 1 aromatic carbocycles. The van der Waals surface area contributed by atoms with E-state index < -0.39 is 0 Å². The average molecular weight is 235 g/mol. The van der Waals surface area contributed by atoms with Gasteiger partial charge in [0.25, 0.3) is 5.91 Å². The Bertz CT molecular complexity index is 365. The molecular formula is C12H17N3O2. The van der Waals surface area contributed by atoms with E-state index in [2.05, 4.69) is 10.6 Å². The molecule has 5 heteroatoms. The lowest BCUT2D eigenvalue weighted by Crippen LogP contribution is -2.36. The van der Waals surface area contributed by atoms with Gasteiger partial charge < -0.3 is 5.32 Å². The summed E-state index contributed by atoms with van der Waals surface area (Å²) >= 11 is 0. The fraction of sp³-hybridized carbons (Fsp3) is 0.417. The predicted octanol–water partition coefficient (Wildman–Crippen LogP) is 2.01. The van der Waals surface area contributed by atoms with Crippen LogP contribution in [0.2, 0.25) is 0 Å². The lowest BCUT2D eigenvalue weighted by atomic mass is 10.2. The fourth-order valence-electron chi connectivity index (χ4n) is 1.40. The van der Waals surface area contributed by atoms with Crippen LogP contribution in [-0.4, -0.2) is 24.1 Å². The van der Waals surface area contributed by atoms with E-state index in [0.717, 1.165) is 0 Å². The van der Waals surface area contributed by atoms with Gasteiger partial charge in [0.15, 0.2) is 0 Å². The van der Waals surface area contributed by atoms with Crippen LogP contribution in [0.1, 0.15) is 24.2 Å². The molecule has 0 radical (unpaired) electrons. The van der Waals surface area contributed by atoms with Gasteiger partial charge in [-0.15, -0.1) is 4.91 Å². The van der Waals surface area contributed by atoms with Gasteiger partial charge in [-0.3, -0.25) is 4.79 Å². The predicted molar refractivity (Wildman–Crippen MR) is 66.1 cm³/mol. The zero-order chi connectivity index (χ0) is 12.7. The molecule has 0 atom stereocenters. The maximum absolute atomic E-state index is 11.7. The summed E-state index contributed by atoms with van der Waals surface area (Å²) in [5.41, 5.74) is 0.572. The molecule has 0 fully saturated rings. The average Bonchev–Trinajstić information content (AvgIpc) is 2.34. The molecule has 0 aliphatic carbocycles. The maximum Gasteiger partial charge on any atom is 0.252 e. The number of hydrogen-bond acceptors (Lipinski definition) is 3. The fourth-order valence-corrected chi connectivity index (χ4v) is 1.40. The molecule has 0 spiro atoms.